The first-order valence-corrected chi connectivity index (χ1v) is 8.72. The molecule has 1 rings (SSSR count). The van der Waals surface area contributed by atoms with Crippen LogP contribution in [-0.2, 0) is 0 Å². The second-order valence-electron chi connectivity index (χ2n) is 6.23. The first-order valence-electron chi connectivity index (χ1n) is 8.09. The Hall–Kier alpha value is 0.310. The van der Waals surface area contributed by atoms with Crippen LogP contribution < -0.4 is 0 Å². The van der Waals surface area contributed by atoms with Crippen LogP contribution >= 0.6 is 12.6 Å². The van der Waals surface area contributed by atoms with Crippen LogP contribution in [0, 0.1) is 5.92 Å². The van der Waals surface area contributed by atoms with Crippen molar-refractivity contribution >= 4 is 12.6 Å². The normalized spacial score (nSPS) is 15.8. The molecule has 108 valence electrons. The van der Waals surface area contributed by atoms with Gasteiger partial charge >= 0.3 is 0 Å². The Morgan fingerprint density at radius 2 is 1.50 bits per heavy atom. The summed E-state index contributed by atoms with van der Waals surface area (Å²) in [6.07, 6.45) is 12.7. The summed E-state index contributed by atoms with van der Waals surface area (Å²) in [6.45, 7) is 7.38. The van der Waals surface area contributed by atoms with Crippen LogP contribution in [0.15, 0.2) is 0 Å². The summed E-state index contributed by atoms with van der Waals surface area (Å²) < 4.78 is 0. The van der Waals surface area contributed by atoms with Crippen LogP contribution in [0.25, 0.3) is 0 Å². The minimum Gasteiger partial charge on any atom is -0.301 e. The quantitative estimate of drug-likeness (QED) is 0.395. The molecule has 0 aliphatic heterocycles. The summed E-state index contributed by atoms with van der Waals surface area (Å²) in [4.78, 5) is 2.69. The Balaban J connectivity index is 1.90. The smallest absolute Gasteiger partial charge is 0.00387 e. The molecule has 1 saturated carbocycles. The largest absolute Gasteiger partial charge is 0.301 e. The van der Waals surface area contributed by atoms with E-state index in [4.69, 9.17) is 0 Å². The third kappa shape index (κ3) is 8.42. The van der Waals surface area contributed by atoms with Crippen LogP contribution in [0.3, 0.4) is 0 Å². The summed E-state index contributed by atoms with van der Waals surface area (Å²) in [5.41, 5.74) is 0. The molecule has 18 heavy (non-hydrogen) atoms. The summed E-state index contributed by atoms with van der Waals surface area (Å²) in [7, 11) is 0. The van der Waals surface area contributed by atoms with Gasteiger partial charge in [-0.25, -0.2) is 0 Å². The van der Waals surface area contributed by atoms with Crippen molar-refractivity contribution in [3.63, 3.8) is 0 Å². The van der Waals surface area contributed by atoms with Gasteiger partial charge in [-0.15, -0.1) is 0 Å². The van der Waals surface area contributed by atoms with Gasteiger partial charge in [0, 0.05) is 12.6 Å². The van der Waals surface area contributed by atoms with Gasteiger partial charge in [-0.1, -0.05) is 32.1 Å². The number of hydrogen-bond acceptors (Lipinski definition) is 2. The fraction of sp³-hybridized carbons (Fsp3) is 1.00. The van der Waals surface area contributed by atoms with Crippen molar-refractivity contribution in [3.05, 3.63) is 0 Å². The van der Waals surface area contributed by atoms with Crippen molar-refractivity contribution in [2.75, 3.05) is 18.8 Å². The van der Waals surface area contributed by atoms with E-state index in [-0.39, 0.29) is 0 Å². The van der Waals surface area contributed by atoms with E-state index in [2.05, 4.69) is 31.4 Å². The molecule has 0 radical (unpaired) electrons. The molecule has 0 aromatic heterocycles. The van der Waals surface area contributed by atoms with Gasteiger partial charge in [0.2, 0.25) is 0 Å². The van der Waals surface area contributed by atoms with Crippen molar-refractivity contribution in [1.82, 2.24) is 4.90 Å². The lowest BCUT2D eigenvalue weighted by Gasteiger charge is -2.26. The molecule has 1 aliphatic carbocycles. The molecule has 0 amide bonds. The molecule has 0 aromatic carbocycles. The zero-order chi connectivity index (χ0) is 13.2. The van der Waals surface area contributed by atoms with Crippen molar-refractivity contribution < 1.29 is 0 Å². The third-order valence-corrected chi connectivity index (χ3v) is 4.34. The van der Waals surface area contributed by atoms with Gasteiger partial charge in [0.05, 0.1) is 0 Å². The first kappa shape index (κ1) is 16.4. The van der Waals surface area contributed by atoms with E-state index in [1.165, 1.54) is 70.9 Å². The monoisotopic (exact) mass is 271 g/mol. The zero-order valence-corrected chi connectivity index (χ0v) is 13.4. The molecule has 1 aliphatic rings. The Kier molecular flexibility index (Phi) is 9.22. The van der Waals surface area contributed by atoms with Gasteiger partial charge in [-0.2, -0.15) is 12.6 Å². The average molecular weight is 272 g/mol. The van der Waals surface area contributed by atoms with Crippen molar-refractivity contribution in [3.8, 4) is 0 Å². The highest BCUT2D eigenvalue weighted by Crippen LogP contribution is 2.30. The maximum Gasteiger partial charge on any atom is 0.00387 e. The molecule has 2 heteroatoms. The first-order chi connectivity index (χ1) is 8.74. The predicted molar refractivity (Wildman–Crippen MR) is 85.6 cm³/mol. The van der Waals surface area contributed by atoms with Crippen LogP contribution in [0.1, 0.15) is 71.6 Å². The molecule has 0 spiro atoms. The lowest BCUT2D eigenvalue weighted by molar-refractivity contribution is 0.208. The van der Waals surface area contributed by atoms with Gasteiger partial charge in [0.25, 0.3) is 0 Å². The topological polar surface area (TPSA) is 3.24 Å². The molecular formula is C16H33NS. The molecule has 0 saturated heterocycles. The van der Waals surface area contributed by atoms with Crippen molar-refractivity contribution in [2.24, 2.45) is 5.92 Å². The third-order valence-electron chi connectivity index (χ3n) is 4.02. The van der Waals surface area contributed by atoms with Gasteiger partial charge in [-0.05, 0) is 57.7 Å². The van der Waals surface area contributed by atoms with E-state index in [1.807, 2.05) is 0 Å². The minimum absolute atomic E-state index is 0.737. The Morgan fingerprint density at radius 1 is 0.944 bits per heavy atom. The summed E-state index contributed by atoms with van der Waals surface area (Å²) in [5.74, 6) is 2.10. The van der Waals surface area contributed by atoms with Gasteiger partial charge in [-0.3, -0.25) is 0 Å². The molecule has 0 unspecified atom stereocenters. The molecule has 0 aromatic rings. The van der Waals surface area contributed by atoms with E-state index >= 15 is 0 Å². The van der Waals surface area contributed by atoms with Gasteiger partial charge in [0.1, 0.15) is 0 Å². The van der Waals surface area contributed by atoms with E-state index in [0.29, 0.717) is 0 Å². The molecular weight excluding hydrogens is 238 g/mol. The molecule has 0 heterocycles. The minimum atomic E-state index is 0.737. The lowest BCUT2D eigenvalue weighted by Crippen LogP contribution is -2.33. The molecule has 1 fully saturated rings. The average Bonchev–Trinajstić information content (AvgIpc) is 3.14. The Labute approximate surface area is 120 Å². The van der Waals surface area contributed by atoms with E-state index in [9.17, 15) is 0 Å². The highest BCUT2D eigenvalue weighted by molar-refractivity contribution is 7.80. The molecule has 0 atom stereocenters. The van der Waals surface area contributed by atoms with Crippen molar-refractivity contribution in [2.45, 2.75) is 77.7 Å². The van der Waals surface area contributed by atoms with Crippen LogP contribution in [-0.4, -0.2) is 29.8 Å². The summed E-state index contributed by atoms with van der Waals surface area (Å²) >= 11 is 4.25. The number of thiol groups is 1. The van der Waals surface area contributed by atoms with E-state index in [1.54, 1.807) is 0 Å². The second-order valence-corrected chi connectivity index (χ2v) is 6.68. The van der Waals surface area contributed by atoms with E-state index in [0.717, 1.165) is 17.7 Å². The van der Waals surface area contributed by atoms with Gasteiger partial charge < -0.3 is 4.90 Å². The number of unbranched alkanes of at least 4 members (excludes halogenated alkanes) is 6. The maximum absolute atomic E-state index is 4.25. The molecule has 1 nitrogen and oxygen atoms in total. The van der Waals surface area contributed by atoms with Crippen LogP contribution in [0.2, 0.25) is 0 Å². The Morgan fingerprint density at radius 3 is 2.00 bits per heavy atom. The standard InChI is InChI=1S/C16H33NS/c1-15(2)17(14-16-10-11-16)12-8-6-4-3-5-7-9-13-18/h15-16,18H,3-14H2,1-2H3. The van der Waals surface area contributed by atoms with Crippen molar-refractivity contribution in [1.29, 1.82) is 0 Å². The Bertz CT molecular complexity index is 190. The fourth-order valence-electron chi connectivity index (χ4n) is 2.50. The fourth-order valence-corrected chi connectivity index (χ4v) is 2.73. The maximum atomic E-state index is 4.25. The number of rotatable bonds is 12. The predicted octanol–water partition coefficient (Wildman–Crippen LogP) is 4.77. The summed E-state index contributed by atoms with van der Waals surface area (Å²) in [5, 5.41) is 0. The zero-order valence-electron chi connectivity index (χ0n) is 12.5. The number of nitrogens with zero attached hydrogens (tertiary/aromatic N) is 1. The molecule has 0 N–H and O–H groups in total. The highest BCUT2D eigenvalue weighted by atomic mass is 32.1. The van der Waals surface area contributed by atoms with Crippen LogP contribution in [0.4, 0.5) is 0 Å². The van der Waals surface area contributed by atoms with Crippen LogP contribution in [0.5, 0.6) is 0 Å². The van der Waals surface area contributed by atoms with E-state index < -0.39 is 0 Å². The molecule has 0 bridgehead atoms. The van der Waals surface area contributed by atoms with Gasteiger partial charge in [0.15, 0.2) is 0 Å². The number of hydrogen-bond donors (Lipinski definition) is 1. The second kappa shape index (κ2) is 10.1. The SMILES string of the molecule is CC(C)N(CCCCCCCCCS)CC1CC1. The summed E-state index contributed by atoms with van der Waals surface area (Å²) in [6, 6.07) is 0.737. The lowest BCUT2D eigenvalue weighted by atomic mass is 10.1. The highest BCUT2D eigenvalue weighted by Gasteiger charge is 2.24.